The highest BCUT2D eigenvalue weighted by Crippen LogP contribution is 2.10. The second-order valence-corrected chi connectivity index (χ2v) is 8.19. The van der Waals surface area contributed by atoms with E-state index in [4.69, 9.17) is 0 Å². The van der Waals surface area contributed by atoms with Gasteiger partial charge in [0.15, 0.2) is 9.84 Å². The summed E-state index contributed by atoms with van der Waals surface area (Å²) in [6.45, 7) is 2.68. The summed E-state index contributed by atoms with van der Waals surface area (Å²) in [4.78, 5) is 15.9. The molecular formula is C16H25N3O3S. The number of carbonyl (C=O) groups is 1. The third-order valence-corrected chi connectivity index (χ3v) is 5.60. The minimum absolute atomic E-state index is 0.0355. The molecule has 0 radical (unpaired) electrons. The van der Waals surface area contributed by atoms with Crippen LogP contribution in [0, 0.1) is 0 Å². The highest BCUT2D eigenvalue weighted by Gasteiger charge is 2.22. The quantitative estimate of drug-likeness (QED) is 0.727. The highest BCUT2D eigenvalue weighted by molar-refractivity contribution is 7.91. The van der Waals surface area contributed by atoms with Crippen molar-refractivity contribution < 1.29 is 13.2 Å². The number of amides is 1. The summed E-state index contributed by atoms with van der Waals surface area (Å²) >= 11 is 0. The van der Waals surface area contributed by atoms with Gasteiger partial charge in [-0.25, -0.2) is 8.42 Å². The molecule has 0 bridgehead atoms. The summed E-state index contributed by atoms with van der Waals surface area (Å²) in [5.74, 6) is 0.274. The Morgan fingerprint density at radius 2 is 1.87 bits per heavy atom. The average Bonchev–Trinajstić information content (AvgIpc) is 2.54. The van der Waals surface area contributed by atoms with Gasteiger partial charge in [0, 0.05) is 38.9 Å². The van der Waals surface area contributed by atoms with Gasteiger partial charge in [0.2, 0.25) is 5.91 Å². The van der Waals surface area contributed by atoms with Crippen LogP contribution in [0.15, 0.2) is 30.3 Å². The molecule has 6 nitrogen and oxygen atoms in total. The number of rotatable bonds is 7. The summed E-state index contributed by atoms with van der Waals surface area (Å²) in [6.07, 6.45) is 0.867. The Bertz CT molecular complexity index is 590. The summed E-state index contributed by atoms with van der Waals surface area (Å²) in [7, 11) is -0.854. The molecule has 0 spiro atoms. The fourth-order valence-electron chi connectivity index (χ4n) is 2.52. The molecule has 23 heavy (non-hydrogen) atoms. The number of sulfone groups is 1. The standard InChI is InChI=1S/C16H25N3O3S/c1-18(15-6-3-2-4-7-15)9-5-8-17-16(20)14-19-10-12-23(21,22)13-11-19/h2-4,6-7H,5,8-14H2,1H3,(H,17,20). The number of anilines is 1. The van der Waals surface area contributed by atoms with Crippen molar-refractivity contribution in [1.29, 1.82) is 0 Å². The van der Waals surface area contributed by atoms with Crippen molar-refractivity contribution in [1.82, 2.24) is 10.2 Å². The van der Waals surface area contributed by atoms with Crippen molar-refractivity contribution >= 4 is 21.4 Å². The third-order valence-electron chi connectivity index (χ3n) is 3.99. The molecule has 1 aromatic carbocycles. The molecule has 1 aliphatic heterocycles. The van der Waals surface area contributed by atoms with Gasteiger partial charge in [-0.05, 0) is 18.6 Å². The molecule has 1 aliphatic rings. The minimum Gasteiger partial charge on any atom is -0.375 e. The molecule has 128 valence electrons. The van der Waals surface area contributed by atoms with E-state index in [2.05, 4.69) is 22.3 Å². The van der Waals surface area contributed by atoms with Crippen LogP contribution in [0.3, 0.4) is 0 Å². The van der Waals surface area contributed by atoms with Crippen LogP contribution in [0.1, 0.15) is 6.42 Å². The van der Waals surface area contributed by atoms with E-state index in [1.165, 1.54) is 0 Å². The van der Waals surface area contributed by atoms with Crippen LogP contribution >= 0.6 is 0 Å². The largest absolute Gasteiger partial charge is 0.375 e. The predicted molar refractivity (Wildman–Crippen MR) is 92.4 cm³/mol. The fraction of sp³-hybridized carbons (Fsp3) is 0.562. The monoisotopic (exact) mass is 339 g/mol. The second-order valence-electron chi connectivity index (χ2n) is 5.89. The smallest absolute Gasteiger partial charge is 0.234 e. The molecule has 0 atom stereocenters. The van der Waals surface area contributed by atoms with Gasteiger partial charge in [0.25, 0.3) is 0 Å². The molecule has 2 rings (SSSR count). The van der Waals surface area contributed by atoms with Crippen LogP contribution in [0.2, 0.25) is 0 Å². The average molecular weight is 339 g/mol. The Hall–Kier alpha value is -1.60. The van der Waals surface area contributed by atoms with Crippen molar-refractivity contribution in [3.05, 3.63) is 30.3 Å². The van der Waals surface area contributed by atoms with Crippen molar-refractivity contribution in [3.8, 4) is 0 Å². The SMILES string of the molecule is CN(CCCNC(=O)CN1CCS(=O)(=O)CC1)c1ccccc1. The van der Waals surface area contributed by atoms with Crippen LogP contribution in [0.25, 0.3) is 0 Å². The molecular weight excluding hydrogens is 314 g/mol. The van der Waals surface area contributed by atoms with Crippen LogP contribution in [0.5, 0.6) is 0 Å². The van der Waals surface area contributed by atoms with Crippen LogP contribution in [0.4, 0.5) is 5.69 Å². The number of carbonyl (C=O) groups excluding carboxylic acids is 1. The molecule has 7 heteroatoms. The minimum atomic E-state index is -2.89. The van der Waals surface area contributed by atoms with Gasteiger partial charge in [0.1, 0.15) is 0 Å². The Morgan fingerprint density at radius 1 is 1.22 bits per heavy atom. The summed E-state index contributed by atoms with van der Waals surface area (Å²) in [5, 5.41) is 2.90. The van der Waals surface area contributed by atoms with Crippen LogP contribution < -0.4 is 10.2 Å². The Morgan fingerprint density at radius 3 is 2.52 bits per heavy atom. The Balaban J connectivity index is 1.60. The topological polar surface area (TPSA) is 69.7 Å². The molecule has 1 heterocycles. The maximum atomic E-state index is 11.9. The van der Waals surface area contributed by atoms with E-state index in [1.54, 1.807) is 0 Å². The lowest BCUT2D eigenvalue weighted by molar-refractivity contribution is -0.122. The van der Waals surface area contributed by atoms with Gasteiger partial charge >= 0.3 is 0 Å². The summed E-state index contributed by atoms with van der Waals surface area (Å²) in [5.41, 5.74) is 1.16. The van der Waals surface area contributed by atoms with Crippen LogP contribution in [-0.2, 0) is 14.6 Å². The van der Waals surface area contributed by atoms with Gasteiger partial charge < -0.3 is 10.2 Å². The highest BCUT2D eigenvalue weighted by atomic mass is 32.2. The lowest BCUT2D eigenvalue weighted by Crippen LogP contribution is -2.45. The molecule has 1 saturated heterocycles. The number of para-hydroxylation sites is 1. The van der Waals surface area contributed by atoms with Crippen molar-refractivity contribution in [3.63, 3.8) is 0 Å². The predicted octanol–water partition coefficient (Wildman–Crippen LogP) is 0.360. The molecule has 1 N–H and O–H groups in total. The van der Waals surface area contributed by atoms with E-state index in [9.17, 15) is 13.2 Å². The lowest BCUT2D eigenvalue weighted by atomic mass is 10.3. The third kappa shape index (κ3) is 6.19. The lowest BCUT2D eigenvalue weighted by Gasteiger charge is -2.25. The van der Waals surface area contributed by atoms with Crippen molar-refractivity contribution in [2.24, 2.45) is 0 Å². The maximum absolute atomic E-state index is 11.9. The zero-order valence-corrected chi connectivity index (χ0v) is 14.4. The normalized spacial score (nSPS) is 17.6. The first-order valence-corrected chi connectivity index (χ1v) is 9.74. The zero-order chi connectivity index (χ0) is 16.7. The van der Waals surface area contributed by atoms with Gasteiger partial charge in [0.05, 0.1) is 18.1 Å². The van der Waals surface area contributed by atoms with E-state index < -0.39 is 9.84 Å². The Labute approximate surface area is 138 Å². The molecule has 0 aromatic heterocycles. The first-order valence-electron chi connectivity index (χ1n) is 7.92. The first kappa shape index (κ1) is 17.7. The molecule has 1 amide bonds. The van der Waals surface area contributed by atoms with Gasteiger partial charge in [-0.15, -0.1) is 0 Å². The van der Waals surface area contributed by atoms with Gasteiger partial charge in [-0.2, -0.15) is 0 Å². The van der Waals surface area contributed by atoms with E-state index >= 15 is 0 Å². The van der Waals surface area contributed by atoms with Crippen molar-refractivity contribution in [2.75, 3.05) is 56.2 Å². The molecule has 0 saturated carbocycles. The number of benzene rings is 1. The number of hydrogen-bond acceptors (Lipinski definition) is 5. The van der Waals surface area contributed by atoms with E-state index in [0.717, 1.165) is 18.7 Å². The Kier molecular flexibility index (Phi) is 6.41. The van der Waals surface area contributed by atoms with Crippen molar-refractivity contribution in [2.45, 2.75) is 6.42 Å². The fourth-order valence-corrected chi connectivity index (χ4v) is 3.80. The van der Waals surface area contributed by atoms with Gasteiger partial charge in [-0.1, -0.05) is 18.2 Å². The molecule has 0 unspecified atom stereocenters. The molecule has 1 aromatic rings. The maximum Gasteiger partial charge on any atom is 0.234 e. The zero-order valence-electron chi connectivity index (χ0n) is 13.6. The number of hydrogen-bond donors (Lipinski definition) is 1. The van der Waals surface area contributed by atoms with E-state index in [1.807, 2.05) is 30.1 Å². The summed E-state index contributed by atoms with van der Waals surface area (Å²) < 4.78 is 22.7. The second kappa shape index (κ2) is 8.31. The van der Waals surface area contributed by atoms with E-state index in [0.29, 0.717) is 19.6 Å². The summed E-state index contributed by atoms with van der Waals surface area (Å²) in [6, 6.07) is 10.1. The first-order chi connectivity index (χ1) is 11.0. The van der Waals surface area contributed by atoms with E-state index in [-0.39, 0.29) is 24.0 Å². The number of nitrogens with zero attached hydrogens (tertiary/aromatic N) is 2. The molecule has 1 fully saturated rings. The van der Waals surface area contributed by atoms with Gasteiger partial charge in [-0.3, -0.25) is 9.69 Å². The molecule has 0 aliphatic carbocycles. The number of nitrogens with one attached hydrogen (secondary N) is 1. The van der Waals surface area contributed by atoms with Crippen LogP contribution in [-0.4, -0.2) is 70.5 Å².